The molecule has 4 heterocycles. The van der Waals surface area contributed by atoms with Crippen molar-refractivity contribution < 1.29 is 65.8 Å². The Morgan fingerprint density at radius 1 is 0.964 bits per heavy atom. The smallest absolute Gasteiger partial charge is 0.534 e. The van der Waals surface area contributed by atoms with E-state index in [4.69, 9.17) is 4.65 Å². The van der Waals surface area contributed by atoms with Crippen LogP contribution in [0.2, 0.25) is 0 Å². The number of piperidine rings is 1. The lowest BCUT2D eigenvalue weighted by molar-refractivity contribution is -0.123. The number of rotatable bonds is 8. The number of phenols is 2. The molecule has 2 fully saturated rings. The quantitative estimate of drug-likeness (QED) is 0.0969. The number of aromatic amines is 1. The number of phenolic OH excluding ortho intramolecular Hbond substituents is 2. The van der Waals surface area contributed by atoms with Crippen LogP contribution in [-0.4, -0.2) is 127 Å². The number of aromatic nitrogens is 3. The van der Waals surface area contributed by atoms with Crippen molar-refractivity contribution in [3.8, 4) is 17.2 Å². The monoisotopic (exact) mass is 802 g/mol. The van der Waals surface area contributed by atoms with Crippen LogP contribution in [0.4, 0.5) is 22.8 Å². The van der Waals surface area contributed by atoms with Crippen LogP contribution in [0, 0.1) is 17.5 Å². The Labute approximate surface area is 313 Å². The molecular weight excluding hydrogens is 772 g/mol. The first-order valence-electron chi connectivity index (χ1n) is 16.9. The first-order valence-corrected chi connectivity index (χ1v) is 18.3. The van der Waals surface area contributed by atoms with Gasteiger partial charge in [0.1, 0.15) is 34.2 Å². The summed E-state index contributed by atoms with van der Waals surface area (Å²) in [6.45, 7) is -0.173. The van der Waals surface area contributed by atoms with Crippen molar-refractivity contribution >= 4 is 52.1 Å². The maximum Gasteiger partial charge on any atom is 0.547 e. The van der Waals surface area contributed by atoms with Gasteiger partial charge >= 0.3 is 25.1 Å². The Bertz CT molecular complexity index is 2400. The number of nitrogens with zero attached hydrogens (tertiary/aromatic N) is 5. The molecule has 0 bridgehead atoms. The van der Waals surface area contributed by atoms with E-state index < -0.39 is 105 Å². The maximum atomic E-state index is 15.3. The first kappa shape index (κ1) is 38.2. The third-order valence-corrected chi connectivity index (χ3v) is 11.8. The van der Waals surface area contributed by atoms with E-state index in [-0.39, 0.29) is 55.9 Å². The number of benzene rings is 3. The van der Waals surface area contributed by atoms with Gasteiger partial charge in [-0.05, 0) is 55.2 Å². The lowest BCUT2D eigenvalue weighted by atomic mass is 9.72. The largest absolute Gasteiger partial charge is 0.547 e. The second-order valence-electron chi connectivity index (χ2n) is 13.1. The summed E-state index contributed by atoms with van der Waals surface area (Å²) in [4.78, 5) is 54.5. The Hall–Kier alpha value is -6.14. The van der Waals surface area contributed by atoms with Gasteiger partial charge in [-0.1, -0.05) is 6.07 Å². The fourth-order valence-corrected chi connectivity index (χ4v) is 8.44. The number of amides is 5. The van der Waals surface area contributed by atoms with Crippen LogP contribution < -0.4 is 15.3 Å². The van der Waals surface area contributed by atoms with Crippen molar-refractivity contribution in [2.24, 2.45) is 0 Å². The molecule has 0 radical (unpaired) electrons. The lowest BCUT2D eigenvalue weighted by Gasteiger charge is -2.35. The summed E-state index contributed by atoms with van der Waals surface area (Å²) in [5.74, 6) is -12.5. The summed E-state index contributed by atoms with van der Waals surface area (Å²) in [6, 6.07) is 1.76. The minimum Gasteiger partial charge on any atom is -0.534 e. The number of carbonyl (C=O) groups is 4. The summed E-state index contributed by atoms with van der Waals surface area (Å²) < 4.78 is 77.3. The van der Waals surface area contributed by atoms with E-state index in [1.54, 1.807) is 0 Å². The summed E-state index contributed by atoms with van der Waals surface area (Å²) in [5.41, 5.74) is -0.995. The van der Waals surface area contributed by atoms with E-state index >= 15 is 4.39 Å². The highest BCUT2D eigenvalue weighted by atomic mass is 32.2. The highest BCUT2D eigenvalue weighted by molar-refractivity contribution is 7.89. The number of aromatic hydroxyl groups is 2. The SMILES string of the molecule is O=C(O)c1c(F)ccc2c1OB(O)C(NC(=O)C(NC(=O)N1CCN(C3CCN(S(=O)(=O)c4ccc5n[nH]nc5c4)CC3)C1=O)c1cc(F)c(O)c(O)c1F)C2. The zero-order chi connectivity index (χ0) is 40.2. The number of sulfonamides is 1. The van der Waals surface area contributed by atoms with Crippen LogP contribution in [0.5, 0.6) is 17.2 Å². The van der Waals surface area contributed by atoms with Crippen molar-refractivity contribution in [2.45, 2.75) is 42.2 Å². The molecule has 2 atom stereocenters. The van der Waals surface area contributed by atoms with E-state index in [1.807, 2.05) is 0 Å². The maximum absolute atomic E-state index is 15.3. The lowest BCUT2D eigenvalue weighted by Crippen LogP contribution is -2.56. The molecule has 4 aromatic rings. The number of nitrogens with one attached hydrogen (secondary N) is 3. The molecule has 2 unspecified atom stereocenters. The fraction of sp³-hybridized carbons (Fsp3) is 0.312. The minimum absolute atomic E-state index is 0.00368. The number of carboxylic acid groups (broad SMARTS) is 1. The van der Waals surface area contributed by atoms with E-state index in [0.717, 1.165) is 12.1 Å². The number of halogens is 3. The standard InChI is InChI=1S/C32H30BF3N8O11S/c34-18-3-1-14-11-22(33(52)55-28(14)23(18)30(48)49)37-29(47)25(17-13-19(35)26(45)27(46)24(17)36)38-31(50)44-10-9-43(32(44)51)15-5-7-42(8-6-15)56(53,54)16-2-4-20-21(12-16)40-41-39-20/h1-4,12-13,15,22,25,45-46,52H,5-11H2,(H,37,47)(H,38,50)(H,48,49)(H,39,40,41). The molecule has 0 spiro atoms. The third kappa shape index (κ3) is 6.74. The topological polar surface area (TPSA) is 268 Å². The van der Waals surface area contributed by atoms with Crippen molar-refractivity contribution in [3.63, 3.8) is 0 Å². The molecule has 2 saturated heterocycles. The van der Waals surface area contributed by atoms with E-state index in [9.17, 15) is 56.7 Å². The molecule has 3 aromatic carbocycles. The summed E-state index contributed by atoms with van der Waals surface area (Å²) in [5, 5.41) is 54.5. The molecular formula is C32H30BF3N8O11S. The zero-order valence-corrected chi connectivity index (χ0v) is 29.5. The molecule has 3 aliphatic heterocycles. The zero-order valence-electron chi connectivity index (χ0n) is 28.6. The number of urea groups is 2. The second kappa shape index (κ2) is 14.5. The molecule has 7 N–H and O–H groups in total. The molecule has 294 valence electrons. The van der Waals surface area contributed by atoms with Crippen molar-refractivity contribution in [2.75, 3.05) is 26.2 Å². The Kier molecular flexibility index (Phi) is 9.88. The molecule has 1 aromatic heterocycles. The number of hydrogen-bond acceptors (Lipinski definition) is 12. The highest BCUT2D eigenvalue weighted by Crippen LogP contribution is 2.37. The molecule has 0 saturated carbocycles. The Morgan fingerprint density at radius 3 is 2.39 bits per heavy atom. The molecule has 19 nitrogen and oxygen atoms in total. The van der Waals surface area contributed by atoms with Crippen molar-refractivity contribution in [1.29, 1.82) is 0 Å². The fourth-order valence-electron chi connectivity index (χ4n) is 6.95. The van der Waals surface area contributed by atoms with E-state index in [2.05, 4.69) is 26.0 Å². The van der Waals surface area contributed by atoms with Crippen molar-refractivity contribution in [1.82, 2.24) is 40.1 Å². The van der Waals surface area contributed by atoms with E-state index in [1.165, 1.54) is 27.4 Å². The van der Waals surface area contributed by atoms with Gasteiger partial charge < -0.3 is 40.5 Å². The van der Waals surface area contributed by atoms with Gasteiger partial charge in [0.05, 0.1) is 10.8 Å². The Balaban J connectivity index is 1.06. The number of carboxylic acids is 1. The predicted molar refractivity (Wildman–Crippen MR) is 183 cm³/mol. The van der Waals surface area contributed by atoms with Crippen LogP contribution in [-0.2, 0) is 21.2 Å². The molecule has 3 aliphatic rings. The molecule has 56 heavy (non-hydrogen) atoms. The number of fused-ring (bicyclic) bond motifs is 2. The van der Waals surface area contributed by atoms with Gasteiger partial charge in [0.25, 0.3) is 0 Å². The Morgan fingerprint density at radius 2 is 1.68 bits per heavy atom. The summed E-state index contributed by atoms with van der Waals surface area (Å²) >= 11 is 0. The van der Waals surface area contributed by atoms with Crippen LogP contribution in [0.1, 0.15) is 40.4 Å². The molecule has 24 heteroatoms. The molecule has 5 amide bonds. The normalized spacial score (nSPS) is 18.5. The van der Waals surface area contributed by atoms with Gasteiger partial charge in [-0.15, -0.1) is 0 Å². The predicted octanol–water partition coefficient (Wildman–Crippen LogP) is 0.966. The van der Waals surface area contributed by atoms with Crippen LogP contribution >= 0.6 is 0 Å². The van der Waals surface area contributed by atoms with Gasteiger partial charge in [0.2, 0.25) is 15.9 Å². The molecule has 7 rings (SSSR count). The van der Waals surface area contributed by atoms with Gasteiger partial charge in [-0.2, -0.15) is 19.7 Å². The van der Waals surface area contributed by atoms with Crippen LogP contribution in [0.25, 0.3) is 11.0 Å². The van der Waals surface area contributed by atoms with Gasteiger partial charge in [0.15, 0.2) is 23.1 Å². The minimum atomic E-state index is -3.93. The molecule has 0 aliphatic carbocycles. The van der Waals surface area contributed by atoms with Crippen molar-refractivity contribution in [3.05, 3.63) is 70.5 Å². The number of hydrogen-bond donors (Lipinski definition) is 7. The van der Waals surface area contributed by atoms with Gasteiger partial charge in [-0.25, -0.2) is 40.9 Å². The van der Waals surface area contributed by atoms with Gasteiger partial charge in [-0.3, -0.25) is 4.79 Å². The average molecular weight is 803 g/mol. The first-order chi connectivity index (χ1) is 26.6. The van der Waals surface area contributed by atoms with E-state index in [0.29, 0.717) is 22.0 Å². The summed E-state index contributed by atoms with van der Waals surface area (Å²) in [7, 11) is -5.94. The highest BCUT2D eigenvalue weighted by Gasteiger charge is 2.44. The van der Waals surface area contributed by atoms with Gasteiger partial charge in [0, 0.05) is 37.8 Å². The number of carbonyl (C=O) groups excluding carboxylic acids is 3. The number of H-pyrrole nitrogens is 1. The average Bonchev–Trinajstić information content (AvgIpc) is 3.81. The van der Waals surface area contributed by atoms with Crippen LogP contribution in [0.15, 0.2) is 41.3 Å². The second-order valence-corrected chi connectivity index (χ2v) is 15.1. The van der Waals surface area contributed by atoms with Crippen LogP contribution in [0.3, 0.4) is 0 Å². The third-order valence-electron chi connectivity index (χ3n) is 9.86. The number of aromatic carboxylic acids is 1. The summed E-state index contributed by atoms with van der Waals surface area (Å²) in [6.07, 6.45) is 0.0343. The number of imide groups is 1.